The summed E-state index contributed by atoms with van der Waals surface area (Å²) in [4.78, 5) is 0. The Hall–Kier alpha value is -1.81. The molecule has 2 N–H and O–H groups in total. The average molecular weight is 245 g/mol. The Bertz CT molecular complexity index is 488. The van der Waals surface area contributed by atoms with Gasteiger partial charge in [-0.1, -0.05) is 26.0 Å². The van der Waals surface area contributed by atoms with E-state index in [1.165, 1.54) is 0 Å². The molecule has 96 valence electrons. The molecule has 1 heterocycles. The van der Waals surface area contributed by atoms with Crippen molar-refractivity contribution >= 4 is 0 Å². The van der Waals surface area contributed by atoms with Gasteiger partial charge in [-0.15, -0.1) is 0 Å². The van der Waals surface area contributed by atoms with Gasteiger partial charge in [-0.25, -0.2) is 0 Å². The quantitative estimate of drug-likeness (QED) is 0.848. The number of benzene rings is 1. The van der Waals surface area contributed by atoms with Crippen LogP contribution >= 0.6 is 0 Å². The number of phenolic OH excluding ortho intramolecular Hbond substituents is 1. The molecule has 0 aliphatic heterocycles. The molecule has 0 fully saturated rings. The van der Waals surface area contributed by atoms with E-state index in [0.29, 0.717) is 11.8 Å². The minimum atomic E-state index is 0.293. The summed E-state index contributed by atoms with van der Waals surface area (Å²) in [5.74, 6) is 0.293. The molecule has 0 atom stereocenters. The van der Waals surface area contributed by atoms with E-state index in [1.807, 2.05) is 29.1 Å². The fourth-order valence-electron chi connectivity index (χ4n) is 1.74. The predicted octanol–water partition coefficient (Wildman–Crippen LogP) is 2.13. The molecule has 0 saturated heterocycles. The summed E-state index contributed by atoms with van der Waals surface area (Å²) < 4.78 is 1.97. The van der Waals surface area contributed by atoms with E-state index in [2.05, 4.69) is 24.3 Å². The van der Waals surface area contributed by atoms with Gasteiger partial charge in [-0.05, 0) is 23.8 Å². The van der Waals surface area contributed by atoms with Crippen molar-refractivity contribution in [1.29, 1.82) is 0 Å². The maximum atomic E-state index is 9.25. The summed E-state index contributed by atoms with van der Waals surface area (Å²) in [5.41, 5.74) is 2.29. The second-order valence-electron chi connectivity index (χ2n) is 4.68. The van der Waals surface area contributed by atoms with Crippen LogP contribution in [0.3, 0.4) is 0 Å². The van der Waals surface area contributed by atoms with Gasteiger partial charge >= 0.3 is 0 Å². The van der Waals surface area contributed by atoms with Crippen molar-refractivity contribution in [2.75, 3.05) is 0 Å². The number of hydrogen-bond acceptors (Lipinski definition) is 3. The summed E-state index contributed by atoms with van der Waals surface area (Å²) >= 11 is 0. The lowest BCUT2D eigenvalue weighted by atomic mass is 10.2. The molecule has 4 heteroatoms. The lowest BCUT2D eigenvalue weighted by molar-refractivity contribution is 0.475. The van der Waals surface area contributed by atoms with Gasteiger partial charge < -0.3 is 10.4 Å². The molecule has 18 heavy (non-hydrogen) atoms. The molecule has 4 nitrogen and oxygen atoms in total. The first-order chi connectivity index (χ1) is 8.65. The van der Waals surface area contributed by atoms with Gasteiger partial charge in [0.1, 0.15) is 5.75 Å². The highest BCUT2D eigenvalue weighted by Gasteiger charge is 2.04. The maximum Gasteiger partial charge on any atom is 0.115 e. The summed E-state index contributed by atoms with van der Waals surface area (Å²) in [7, 11) is 0. The van der Waals surface area contributed by atoms with Crippen molar-refractivity contribution in [3.63, 3.8) is 0 Å². The highest BCUT2D eigenvalue weighted by molar-refractivity contribution is 5.26. The Morgan fingerprint density at radius 1 is 1.22 bits per heavy atom. The summed E-state index contributed by atoms with van der Waals surface area (Å²) in [5, 5.41) is 17.0. The van der Waals surface area contributed by atoms with Crippen LogP contribution in [0, 0.1) is 0 Å². The molecular weight excluding hydrogens is 226 g/mol. The van der Waals surface area contributed by atoms with Crippen LogP contribution in [-0.4, -0.2) is 20.9 Å². The van der Waals surface area contributed by atoms with Crippen molar-refractivity contribution < 1.29 is 5.11 Å². The van der Waals surface area contributed by atoms with Crippen LogP contribution in [0.2, 0.25) is 0 Å². The third kappa shape index (κ3) is 3.34. The number of hydrogen-bond donors (Lipinski definition) is 2. The normalized spacial score (nSPS) is 11.1. The van der Waals surface area contributed by atoms with Crippen molar-refractivity contribution in [2.45, 2.75) is 33.0 Å². The summed E-state index contributed by atoms with van der Waals surface area (Å²) in [6.07, 6.45) is 1.82. The molecule has 0 amide bonds. The Labute approximate surface area is 107 Å². The van der Waals surface area contributed by atoms with Crippen LogP contribution in [0.15, 0.2) is 36.5 Å². The molecular formula is C14H19N3O. The standard InChI is InChI=1S/C14H19N3O/c1-11(2)15-9-13-7-8-16-17(13)10-12-3-5-14(18)6-4-12/h3-8,11,15,18H,9-10H2,1-2H3. The molecule has 1 aromatic heterocycles. The predicted molar refractivity (Wildman–Crippen MR) is 71.4 cm³/mol. The van der Waals surface area contributed by atoms with Gasteiger partial charge in [0.2, 0.25) is 0 Å². The van der Waals surface area contributed by atoms with Gasteiger partial charge in [0.15, 0.2) is 0 Å². The third-order valence-electron chi connectivity index (χ3n) is 2.76. The molecule has 0 spiro atoms. The van der Waals surface area contributed by atoms with Gasteiger partial charge in [0, 0.05) is 18.8 Å². The van der Waals surface area contributed by atoms with E-state index >= 15 is 0 Å². The Morgan fingerprint density at radius 3 is 2.61 bits per heavy atom. The van der Waals surface area contributed by atoms with E-state index in [9.17, 15) is 5.11 Å². The molecule has 0 unspecified atom stereocenters. The SMILES string of the molecule is CC(C)NCc1ccnn1Cc1ccc(O)cc1. The zero-order valence-corrected chi connectivity index (χ0v) is 10.8. The number of nitrogens with one attached hydrogen (secondary N) is 1. The molecule has 2 aromatic rings. The third-order valence-corrected chi connectivity index (χ3v) is 2.76. The van der Waals surface area contributed by atoms with E-state index in [-0.39, 0.29) is 0 Å². The van der Waals surface area contributed by atoms with Gasteiger partial charge in [0.05, 0.1) is 12.2 Å². The minimum Gasteiger partial charge on any atom is -0.508 e. The van der Waals surface area contributed by atoms with Gasteiger partial charge in [-0.3, -0.25) is 4.68 Å². The molecule has 2 rings (SSSR count). The second kappa shape index (κ2) is 5.69. The zero-order valence-electron chi connectivity index (χ0n) is 10.8. The monoisotopic (exact) mass is 245 g/mol. The summed E-state index contributed by atoms with van der Waals surface area (Å²) in [6.45, 7) is 5.79. The molecule has 0 aliphatic rings. The second-order valence-corrected chi connectivity index (χ2v) is 4.68. The number of rotatable bonds is 5. The molecule has 0 aliphatic carbocycles. The van der Waals surface area contributed by atoms with E-state index < -0.39 is 0 Å². The fraction of sp³-hybridized carbons (Fsp3) is 0.357. The Morgan fingerprint density at radius 2 is 1.94 bits per heavy atom. The maximum absolute atomic E-state index is 9.25. The highest BCUT2D eigenvalue weighted by Crippen LogP contribution is 2.11. The highest BCUT2D eigenvalue weighted by atomic mass is 16.3. The Balaban J connectivity index is 2.05. The number of nitrogens with zero attached hydrogens (tertiary/aromatic N) is 2. The van der Waals surface area contributed by atoms with Gasteiger partial charge in [-0.2, -0.15) is 5.10 Å². The first kappa shape index (κ1) is 12.6. The Kier molecular flexibility index (Phi) is 3.99. The van der Waals surface area contributed by atoms with Crippen LogP contribution in [0.25, 0.3) is 0 Å². The first-order valence-electron chi connectivity index (χ1n) is 6.17. The average Bonchev–Trinajstić information content (AvgIpc) is 2.77. The van der Waals surface area contributed by atoms with E-state index in [1.54, 1.807) is 12.1 Å². The smallest absolute Gasteiger partial charge is 0.115 e. The van der Waals surface area contributed by atoms with Crippen LogP contribution in [0.1, 0.15) is 25.1 Å². The lowest BCUT2D eigenvalue weighted by Gasteiger charge is -2.11. The van der Waals surface area contributed by atoms with Crippen molar-refractivity contribution in [1.82, 2.24) is 15.1 Å². The number of phenols is 1. The molecule has 0 saturated carbocycles. The molecule has 1 aromatic carbocycles. The van der Waals surface area contributed by atoms with E-state index in [4.69, 9.17) is 0 Å². The largest absolute Gasteiger partial charge is 0.508 e. The number of aromatic nitrogens is 2. The zero-order chi connectivity index (χ0) is 13.0. The van der Waals surface area contributed by atoms with Crippen LogP contribution in [0.4, 0.5) is 0 Å². The van der Waals surface area contributed by atoms with Crippen molar-refractivity contribution in [3.8, 4) is 5.75 Å². The van der Waals surface area contributed by atoms with Crippen molar-refractivity contribution in [3.05, 3.63) is 47.8 Å². The van der Waals surface area contributed by atoms with Crippen LogP contribution in [-0.2, 0) is 13.1 Å². The fourth-order valence-corrected chi connectivity index (χ4v) is 1.74. The molecule has 0 radical (unpaired) electrons. The number of aromatic hydroxyl groups is 1. The molecule has 0 bridgehead atoms. The first-order valence-corrected chi connectivity index (χ1v) is 6.17. The van der Waals surface area contributed by atoms with Crippen molar-refractivity contribution in [2.24, 2.45) is 0 Å². The topological polar surface area (TPSA) is 50.1 Å². The van der Waals surface area contributed by atoms with Crippen LogP contribution < -0.4 is 5.32 Å². The minimum absolute atomic E-state index is 0.293. The van der Waals surface area contributed by atoms with Gasteiger partial charge in [0.25, 0.3) is 0 Å². The van der Waals surface area contributed by atoms with E-state index in [0.717, 1.165) is 24.3 Å². The summed E-state index contributed by atoms with van der Waals surface area (Å²) in [6, 6.07) is 9.71. The van der Waals surface area contributed by atoms with Crippen LogP contribution in [0.5, 0.6) is 5.75 Å². The lowest BCUT2D eigenvalue weighted by Crippen LogP contribution is -2.23.